The van der Waals surface area contributed by atoms with Crippen LogP contribution in [0.4, 0.5) is 17.1 Å². The Hall–Kier alpha value is -3.81. The van der Waals surface area contributed by atoms with Gasteiger partial charge in [0, 0.05) is 29.7 Å². The number of phenolic OH excluding ortho intramolecular Hbond substituents is 1. The van der Waals surface area contributed by atoms with E-state index < -0.39 is 15.9 Å². The number of halogens is 1. The van der Waals surface area contributed by atoms with Crippen LogP contribution in [0.15, 0.2) is 102 Å². The average molecular weight is 505 g/mol. The van der Waals surface area contributed by atoms with Crippen molar-refractivity contribution in [3.63, 3.8) is 0 Å². The molecule has 0 spiro atoms. The quantitative estimate of drug-likeness (QED) is 0.370. The number of carbonyl (C=O) groups is 1. The number of nitrogens with zero attached hydrogens (tertiary/aromatic N) is 2. The topological polar surface area (TPSA) is 77.9 Å². The molecule has 0 fully saturated rings. The molecule has 5 rings (SSSR count). The predicted molar refractivity (Wildman–Crippen MR) is 138 cm³/mol. The van der Waals surface area contributed by atoms with E-state index in [4.69, 9.17) is 11.6 Å². The minimum atomic E-state index is -4.22. The largest absolute Gasteiger partial charge is 0.508 e. The highest BCUT2D eigenvalue weighted by molar-refractivity contribution is 7.93. The van der Waals surface area contributed by atoms with Gasteiger partial charge in [-0.05, 0) is 59.7 Å². The third-order valence-electron chi connectivity index (χ3n) is 5.88. The Balaban J connectivity index is 1.59. The Morgan fingerprint density at radius 2 is 1.43 bits per heavy atom. The van der Waals surface area contributed by atoms with Crippen LogP contribution in [0.1, 0.15) is 6.42 Å². The molecule has 8 heteroatoms. The summed E-state index contributed by atoms with van der Waals surface area (Å²) in [6.45, 7) is 0.232. The first-order chi connectivity index (χ1) is 16.8. The Labute approximate surface area is 208 Å². The standard InChI is InChI=1S/C27H21ClN2O4S/c28-21-8-10-22(11-9-21)29-17-16-27(32)30(25-15-12-23(31)18-26(25)29)35(33,34)24-13-6-20(7-14-24)19-4-2-1-3-5-19/h1-15,18,31H,16-17H2. The van der Waals surface area contributed by atoms with E-state index in [1.165, 1.54) is 30.3 Å². The van der Waals surface area contributed by atoms with E-state index in [2.05, 4.69) is 0 Å². The summed E-state index contributed by atoms with van der Waals surface area (Å²) in [7, 11) is -4.22. The molecule has 0 aliphatic carbocycles. The average Bonchev–Trinajstić information content (AvgIpc) is 3.01. The van der Waals surface area contributed by atoms with E-state index >= 15 is 0 Å². The number of hydrogen-bond acceptors (Lipinski definition) is 5. The highest BCUT2D eigenvalue weighted by atomic mass is 35.5. The second-order valence-corrected chi connectivity index (χ2v) is 10.3. The van der Waals surface area contributed by atoms with Crippen LogP contribution in [0.3, 0.4) is 0 Å². The molecule has 1 N–H and O–H groups in total. The van der Waals surface area contributed by atoms with Crippen LogP contribution in [-0.4, -0.2) is 26.0 Å². The number of rotatable bonds is 4. The fourth-order valence-electron chi connectivity index (χ4n) is 4.17. The number of hydrogen-bond donors (Lipinski definition) is 1. The van der Waals surface area contributed by atoms with Crippen molar-refractivity contribution in [1.29, 1.82) is 0 Å². The van der Waals surface area contributed by atoms with Crippen molar-refractivity contribution in [3.05, 3.63) is 102 Å². The van der Waals surface area contributed by atoms with Crippen LogP contribution >= 0.6 is 11.6 Å². The molecule has 4 aromatic rings. The number of phenols is 1. The third-order valence-corrected chi connectivity index (χ3v) is 7.88. The Morgan fingerprint density at radius 3 is 2.11 bits per heavy atom. The van der Waals surface area contributed by atoms with Gasteiger partial charge in [0.2, 0.25) is 5.91 Å². The van der Waals surface area contributed by atoms with Gasteiger partial charge in [0.1, 0.15) is 5.75 Å². The Morgan fingerprint density at radius 1 is 0.771 bits per heavy atom. The van der Waals surface area contributed by atoms with Crippen molar-refractivity contribution in [2.75, 3.05) is 15.7 Å². The van der Waals surface area contributed by atoms with Crippen molar-refractivity contribution in [2.24, 2.45) is 0 Å². The number of sulfonamides is 1. The van der Waals surface area contributed by atoms with Gasteiger partial charge in [-0.15, -0.1) is 0 Å². The first kappa shape index (κ1) is 23.0. The smallest absolute Gasteiger partial charge is 0.270 e. The summed E-state index contributed by atoms with van der Waals surface area (Å²) >= 11 is 6.03. The van der Waals surface area contributed by atoms with Crippen LogP contribution in [-0.2, 0) is 14.8 Å². The highest BCUT2D eigenvalue weighted by Gasteiger charge is 2.36. The first-order valence-electron chi connectivity index (χ1n) is 10.9. The van der Waals surface area contributed by atoms with Gasteiger partial charge in [-0.1, -0.05) is 54.1 Å². The molecular formula is C27H21ClN2O4S. The van der Waals surface area contributed by atoms with Gasteiger partial charge in [0.05, 0.1) is 16.3 Å². The van der Waals surface area contributed by atoms with Gasteiger partial charge in [-0.3, -0.25) is 4.79 Å². The minimum absolute atomic E-state index is 0.00417. The van der Waals surface area contributed by atoms with Crippen molar-refractivity contribution < 1.29 is 18.3 Å². The maximum absolute atomic E-state index is 13.7. The Kier molecular flexibility index (Phi) is 5.96. The lowest BCUT2D eigenvalue weighted by atomic mass is 10.1. The molecule has 0 radical (unpaired) electrons. The zero-order chi connectivity index (χ0) is 24.6. The number of anilines is 3. The molecular weight excluding hydrogens is 484 g/mol. The summed E-state index contributed by atoms with van der Waals surface area (Å²) in [5, 5.41) is 10.8. The van der Waals surface area contributed by atoms with Gasteiger partial charge in [-0.25, -0.2) is 12.7 Å². The molecule has 0 saturated carbocycles. The second kappa shape index (κ2) is 9.09. The fraction of sp³-hybridized carbons (Fsp3) is 0.0741. The molecule has 0 aromatic heterocycles. The van der Waals surface area contributed by atoms with Crippen molar-refractivity contribution in [3.8, 4) is 16.9 Å². The maximum Gasteiger partial charge on any atom is 0.270 e. The van der Waals surface area contributed by atoms with Crippen LogP contribution in [0, 0.1) is 0 Å². The Bertz CT molecular complexity index is 1490. The molecule has 6 nitrogen and oxygen atoms in total. The molecule has 176 valence electrons. The number of amides is 1. The van der Waals surface area contributed by atoms with Crippen LogP contribution in [0.2, 0.25) is 5.02 Å². The van der Waals surface area contributed by atoms with Crippen LogP contribution < -0.4 is 9.21 Å². The molecule has 0 unspecified atom stereocenters. The molecule has 0 atom stereocenters. The number of carbonyl (C=O) groups excluding carboxylic acids is 1. The summed E-state index contributed by atoms with van der Waals surface area (Å²) in [6.07, 6.45) is -0.0423. The lowest BCUT2D eigenvalue weighted by Crippen LogP contribution is -2.36. The van der Waals surface area contributed by atoms with E-state index in [1.807, 2.05) is 30.3 Å². The van der Waals surface area contributed by atoms with E-state index in [0.717, 1.165) is 21.1 Å². The van der Waals surface area contributed by atoms with Crippen molar-refractivity contribution in [1.82, 2.24) is 0 Å². The number of aromatic hydroxyl groups is 1. The molecule has 35 heavy (non-hydrogen) atoms. The van der Waals surface area contributed by atoms with Crippen molar-refractivity contribution >= 4 is 44.6 Å². The third kappa shape index (κ3) is 4.36. The molecule has 0 saturated heterocycles. The molecule has 4 aromatic carbocycles. The van der Waals surface area contributed by atoms with E-state index in [9.17, 15) is 18.3 Å². The van der Waals surface area contributed by atoms with Crippen LogP contribution in [0.25, 0.3) is 11.1 Å². The van der Waals surface area contributed by atoms with Gasteiger partial charge in [0.15, 0.2) is 0 Å². The van der Waals surface area contributed by atoms with Crippen LogP contribution in [0.5, 0.6) is 5.75 Å². The second-order valence-electron chi connectivity index (χ2n) is 8.10. The minimum Gasteiger partial charge on any atom is -0.508 e. The summed E-state index contributed by atoms with van der Waals surface area (Å²) < 4.78 is 28.3. The molecule has 1 aliphatic heterocycles. The lowest BCUT2D eigenvalue weighted by molar-refractivity contribution is -0.117. The highest BCUT2D eigenvalue weighted by Crippen LogP contribution is 2.42. The lowest BCUT2D eigenvalue weighted by Gasteiger charge is -2.27. The molecule has 1 amide bonds. The molecule has 1 heterocycles. The van der Waals surface area contributed by atoms with E-state index in [0.29, 0.717) is 10.7 Å². The zero-order valence-electron chi connectivity index (χ0n) is 18.5. The zero-order valence-corrected chi connectivity index (χ0v) is 20.1. The summed E-state index contributed by atoms with van der Waals surface area (Å²) in [6, 6.07) is 27.4. The number of fused-ring (bicyclic) bond motifs is 1. The first-order valence-corrected chi connectivity index (χ1v) is 12.8. The van der Waals surface area contributed by atoms with Gasteiger partial charge >= 0.3 is 0 Å². The van der Waals surface area contributed by atoms with Gasteiger partial charge < -0.3 is 10.0 Å². The summed E-state index contributed by atoms with van der Waals surface area (Å²) in [5.74, 6) is -0.595. The monoisotopic (exact) mass is 504 g/mol. The van der Waals surface area contributed by atoms with Gasteiger partial charge in [-0.2, -0.15) is 0 Å². The SMILES string of the molecule is O=C1CCN(c2ccc(Cl)cc2)c2cc(O)ccc2N1S(=O)(=O)c1ccc(-c2ccccc2)cc1. The fourth-order valence-corrected chi connectivity index (χ4v) is 5.76. The number of benzene rings is 4. The maximum atomic E-state index is 13.7. The van der Waals surface area contributed by atoms with E-state index in [-0.39, 0.29) is 29.3 Å². The molecule has 0 bridgehead atoms. The molecule has 1 aliphatic rings. The summed E-state index contributed by atoms with van der Waals surface area (Å²) in [5.41, 5.74) is 3.13. The van der Waals surface area contributed by atoms with Crippen molar-refractivity contribution in [2.45, 2.75) is 11.3 Å². The normalized spacial score (nSPS) is 13.9. The summed E-state index contributed by atoms with van der Waals surface area (Å²) in [4.78, 5) is 15.0. The predicted octanol–water partition coefficient (Wildman–Crippen LogP) is 5.98. The van der Waals surface area contributed by atoms with E-state index in [1.54, 1.807) is 41.3 Å². The van der Waals surface area contributed by atoms with Gasteiger partial charge in [0.25, 0.3) is 10.0 Å².